The molecule has 0 fully saturated rings. The topological polar surface area (TPSA) is 77.5 Å². The molecule has 0 spiro atoms. The lowest BCUT2D eigenvalue weighted by Gasteiger charge is -2.12. The molecule has 0 aliphatic heterocycles. The smallest absolute Gasteiger partial charge is 0.207 e. The van der Waals surface area contributed by atoms with Crippen molar-refractivity contribution in [2.75, 3.05) is 7.11 Å². The highest BCUT2D eigenvalue weighted by Crippen LogP contribution is 2.33. The number of methoxy groups -OCH3 is 1. The summed E-state index contributed by atoms with van der Waals surface area (Å²) in [4.78, 5) is 0.350. The molecule has 5 aromatic carbocycles. The fourth-order valence-corrected chi connectivity index (χ4v) is 7.47. The number of sulfone groups is 2. The highest BCUT2D eigenvalue weighted by Gasteiger charge is 2.24. The minimum atomic E-state index is -3.95. The van der Waals surface area contributed by atoms with Crippen LogP contribution in [0, 0.1) is 5.82 Å². The average molecular weight is 611 g/mol. The maximum atomic E-state index is 13.8. The Kier molecular flexibility index (Phi) is 8.71. The Morgan fingerprint density at radius 1 is 0.558 bits per heavy atom. The highest BCUT2D eigenvalue weighted by molar-refractivity contribution is 8.01. The van der Waals surface area contributed by atoms with Gasteiger partial charge in [0.1, 0.15) is 11.6 Å². The average Bonchev–Trinajstić information content (AvgIpc) is 3.04. The third kappa shape index (κ3) is 6.66. The quantitative estimate of drug-likeness (QED) is 0.159. The number of halogens is 1. The van der Waals surface area contributed by atoms with E-state index in [1.165, 1.54) is 49.6 Å². The summed E-state index contributed by atoms with van der Waals surface area (Å²) < 4.78 is 73.8. The van der Waals surface area contributed by atoms with Crippen LogP contribution in [0.15, 0.2) is 143 Å². The minimum absolute atomic E-state index is 0.00529. The maximum Gasteiger partial charge on any atom is 0.207 e. The summed E-state index contributed by atoms with van der Waals surface area (Å²) in [5.41, 5.74) is 1.94. The van der Waals surface area contributed by atoms with Gasteiger partial charge in [-0.2, -0.15) is 0 Å². The Morgan fingerprint density at radius 2 is 1.02 bits per heavy atom. The van der Waals surface area contributed by atoms with E-state index in [-0.39, 0.29) is 19.6 Å². The van der Waals surface area contributed by atoms with Gasteiger partial charge in [-0.05, 0) is 82.9 Å². The predicted octanol–water partition coefficient (Wildman–Crippen LogP) is 7.78. The van der Waals surface area contributed by atoms with Gasteiger partial charge in [0, 0.05) is 0 Å². The zero-order chi connectivity index (χ0) is 30.5. The molecule has 0 aromatic heterocycles. The standard InChI is InChI=1S/C35H27FO5S2/c1-41-31-10-8-9-29(25-31)35(43(39,40)33-13-6-3-7-14-33)24-27-17-15-26(16-18-27)23-34(28-19-21-30(36)22-20-28)42(37,38)32-11-4-2-5-12-32/h2-25H,1H3/b34-23-,35-24+. The second kappa shape index (κ2) is 12.6. The molecule has 0 heterocycles. The SMILES string of the molecule is COc1cccc(/C(=C\c2ccc(/C=C(/c3ccc(F)cc3)S(=O)(=O)c3ccccc3)cc2)S(=O)(=O)c2ccccc2)c1. The van der Waals surface area contributed by atoms with E-state index in [9.17, 15) is 21.2 Å². The Morgan fingerprint density at radius 3 is 1.49 bits per heavy atom. The van der Waals surface area contributed by atoms with Gasteiger partial charge in [0.2, 0.25) is 19.7 Å². The van der Waals surface area contributed by atoms with Crippen LogP contribution < -0.4 is 4.74 Å². The van der Waals surface area contributed by atoms with E-state index in [1.54, 1.807) is 103 Å². The number of rotatable bonds is 9. The highest BCUT2D eigenvalue weighted by atomic mass is 32.2. The van der Waals surface area contributed by atoms with Crippen LogP contribution in [-0.2, 0) is 19.7 Å². The molecule has 0 radical (unpaired) electrons. The van der Waals surface area contributed by atoms with Crippen LogP contribution in [0.1, 0.15) is 22.3 Å². The Balaban J connectivity index is 1.60. The van der Waals surface area contributed by atoms with Crippen LogP contribution in [0.5, 0.6) is 5.75 Å². The third-order valence-electron chi connectivity index (χ3n) is 6.70. The molecule has 0 saturated carbocycles. The lowest BCUT2D eigenvalue weighted by atomic mass is 10.1. The van der Waals surface area contributed by atoms with Crippen molar-refractivity contribution in [2.45, 2.75) is 9.79 Å². The molecule has 0 atom stereocenters. The summed E-state index contributed by atoms with van der Waals surface area (Å²) >= 11 is 0. The lowest BCUT2D eigenvalue weighted by Crippen LogP contribution is -2.05. The lowest BCUT2D eigenvalue weighted by molar-refractivity contribution is 0.414. The monoisotopic (exact) mass is 610 g/mol. The Labute approximate surface area is 251 Å². The molecule has 0 N–H and O–H groups in total. The van der Waals surface area contributed by atoms with E-state index in [0.717, 1.165) is 0 Å². The number of benzene rings is 5. The van der Waals surface area contributed by atoms with Crippen LogP contribution in [0.25, 0.3) is 22.0 Å². The molecule has 0 saturated heterocycles. The van der Waals surface area contributed by atoms with Gasteiger partial charge >= 0.3 is 0 Å². The molecule has 0 aliphatic carbocycles. The fraction of sp³-hybridized carbons (Fsp3) is 0.0286. The van der Waals surface area contributed by atoms with Crippen molar-refractivity contribution in [3.63, 3.8) is 0 Å². The van der Waals surface area contributed by atoms with Gasteiger partial charge in [-0.1, -0.05) is 84.9 Å². The van der Waals surface area contributed by atoms with Crippen LogP contribution in [0.4, 0.5) is 4.39 Å². The molecule has 5 rings (SSSR count). The van der Waals surface area contributed by atoms with E-state index >= 15 is 0 Å². The summed E-state index contributed by atoms with van der Waals surface area (Å²) in [5, 5.41) is 0. The van der Waals surface area contributed by atoms with E-state index in [1.807, 2.05) is 0 Å². The summed E-state index contributed by atoms with van der Waals surface area (Å²) in [6, 6.07) is 35.1. The number of hydrogen-bond donors (Lipinski definition) is 0. The Hall–Kier alpha value is -4.79. The van der Waals surface area contributed by atoms with Crippen molar-refractivity contribution in [3.05, 3.63) is 162 Å². The van der Waals surface area contributed by atoms with E-state index in [0.29, 0.717) is 28.0 Å². The Bertz CT molecular complexity index is 2000. The third-order valence-corrected chi connectivity index (χ3v) is 10.4. The fourth-order valence-electron chi connectivity index (χ4n) is 4.47. The van der Waals surface area contributed by atoms with Crippen molar-refractivity contribution in [3.8, 4) is 5.75 Å². The van der Waals surface area contributed by atoms with Crippen molar-refractivity contribution < 1.29 is 26.0 Å². The first-order chi connectivity index (χ1) is 20.7. The molecule has 0 amide bonds. The summed E-state index contributed by atoms with van der Waals surface area (Å²) in [7, 11) is -6.35. The van der Waals surface area contributed by atoms with E-state index < -0.39 is 25.5 Å². The first-order valence-electron chi connectivity index (χ1n) is 13.2. The van der Waals surface area contributed by atoms with Crippen LogP contribution in [0.3, 0.4) is 0 Å². The summed E-state index contributed by atoms with van der Waals surface area (Å²) in [5.74, 6) is 0.0359. The second-order valence-corrected chi connectivity index (χ2v) is 13.4. The summed E-state index contributed by atoms with van der Waals surface area (Å²) in [6.45, 7) is 0. The molecule has 5 nitrogen and oxygen atoms in total. The van der Waals surface area contributed by atoms with Crippen molar-refractivity contribution in [1.29, 1.82) is 0 Å². The normalized spacial score (nSPS) is 12.6. The zero-order valence-electron chi connectivity index (χ0n) is 23.1. The molecule has 216 valence electrons. The molecular formula is C35H27FO5S2. The van der Waals surface area contributed by atoms with Crippen molar-refractivity contribution in [2.24, 2.45) is 0 Å². The molecular weight excluding hydrogens is 584 g/mol. The van der Waals surface area contributed by atoms with Gasteiger partial charge in [0.15, 0.2) is 0 Å². The van der Waals surface area contributed by atoms with E-state index in [4.69, 9.17) is 4.74 Å². The van der Waals surface area contributed by atoms with Gasteiger partial charge < -0.3 is 4.74 Å². The predicted molar refractivity (Wildman–Crippen MR) is 169 cm³/mol. The van der Waals surface area contributed by atoms with E-state index in [2.05, 4.69) is 0 Å². The minimum Gasteiger partial charge on any atom is -0.497 e. The molecule has 0 unspecified atom stereocenters. The molecule has 5 aromatic rings. The number of hydrogen-bond acceptors (Lipinski definition) is 5. The van der Waals surface area contributed by atoms with Gasteiger partial charge in [-0.3, -0.25) is 0 Å². The maximum absolute atomic E-state index is 13.8. The van der Waals surface area contributed by atoms with Crippen LogP contribution >= 0.6 is 0 Å². The second-order valence-electron chi connectivity index (χ2n) is 9.56. The molecule has 0 bridgehead atoms. The van der Waals surface area contributed by atoms with Crippen LogP contribution in [-0.4, -0.2) is 23.9 Å². The van der Waals surface area contributed by atoms with Crippen LogP contribution in [0.2, 0.25) is 0 Å². The molecule has 8 heteroatoms. The van der Waals surface area contributed by atoms with Gasteiger partial charge in [0.05, 0.1) is 26.7 Å². The van der Waals surface area contributed by atoms with Gasteiger partial charge in [0.25, 0.3) is 0 Å². The number of ether oxygens (including phenoxy) is 1. The largest absolute Gasteiger partial charge is 0.497 e. The van der Waals surface area contributed by atoms with Crippen molar-refractivity contribution >= 4 is 41.6 Å². The first-order valence-corrected chi connectivity index (χ1v) is 16.2. The van der Waals surface area contributed by atoms with Crippen molar-refractivity contribution in [1.82, 2.24) is 0 Å². The zero-order valence-corrected chi connectivity index (χ0v) is 24.7. The molecule has 43 heavy (non-hydrogen) atoms. The summed E-state index contributed by atoms with van der Waals surface area (Å²) in [6.07, 6.45) is 3.10. The molecule has 0 aliphatic rings. The first kappa shape index (κ1) is 29.7. The van der Waals surface area contributed by atoms with Gasteiger partial charge in [-0.15, -0.1) is 0 Å². The van der Waals surface area contributed by atoms with Gasteiger partial charge in [-0.25, -0.2) is 21.2 Å².